The van der Waals surface area contributed by atoms with Crippen LogP contribution in [-0.2, 0) is 9.53 Å². The van der Waals surface area contributed by atoms with Gasteiger partial charge in [0, 0.05) is 10.8 Å². The molecule has 0 heterocycles. The Morgan fingerprint density at radius 3 is 2.60 bits per heavy atom. The molecule has 2 aliphatic rings. The van der Waals surface area contributed by atoms with Crippen molar-refractivity contribution in [3.63, 3.8) is 0 Å². The van der Waals surface area contributed by atoms with Gasteiger partial charge in [0.1, 0.15) is 6.10 Å². The van der Waals surface area contributed by atoms with Gasteiger partial charge in [-0.15, -0.1) is 0 Å². The number of hydrogen-bond acceptors (Lipinski definition) is 5. The lowest BCUT2D eigenvalue weighted by atomic mass is 9.64. The van der Waals surface area contributed by atoms with Crippen molar-refractivity contribution in [2.24, 2.45) is 11.3 Å². The van der Waals surface area contributed by atoms with E-state index in [9.17, 15) is 20.0 Å². The van der Waals surface area contributed by atoms with Crippen molar-refractivity contribution in [1.82, 2.24) is 0 Å². The Balaban J connectivity index is 2.13. The van der Waals surface area contributed by atoms with Gasteiger partial charge in [-0.3, -0.25) is 14.9 Å². The number of nitro groups is 1. The van der Waals surface area contributed by atoms with E-state index in [1.807, 2.05) is 0 Å². The Morgan fingerprint density at radius 2 is 2.05 bits per heavy atom. The third kappa shape index (κ3) is 3.11. The Kier molecular flexibility index (Phi) is 4.62. The number of ether oxygens (including phenoxy) is 1. The molecule has 3 atom stereocenters. The van der Waals surface area contributed by atoms with E-state index in [-0.39, 0.29) is 18.4 Å². The van der Waals surface area contributed by atoms with Crippen molar-refractivity contribution in [2.75, 3.05) is 6.61 Å². The SMILES string of the molecule is CCOC(=O)C[C@H]1CC2(CCCC2)C[C@@H](O)[C@@H]1[N+](=O)[O-]. The first kappa shape index (κ1) is 15.2. The van der Waals surface area contributed by atoms with Crippen LogP contribution in [0.3, 0.4) is 0 Å². The molecule has 6 nitrogen and oxygen atoms in total. The van der Waals surface area contributed by atoms with E-state index in [0.717, 1.165) is 25.7 Å². The number of carbonyl (C=O) groups excluding carboxylic acids is 1. The van der Waals surface area contributed by atoms with E-state index in [1.54, 1.807) is 6.92 Å². The Labute approximate surface area is 118 Å². The molecule has 2 rings (SSSR count). The van der Waals surface area contributed by atoms with Gasteiger partial charge in [-0.25, -0.2) is 0 Å². The summed E-state index contributed by atoms with van der Waals surface area (Å²) in [5.41, 5.74) is 0.00306. The highest BCUT2D eigenvalue weighted by Gasteiger charge is 2.52. The van der Waals surface area contributed by atoms with Crippen molar-refractivity contribution >= 4 is 5.97 Å². The molecule has 6 heteroatoms. The largest absolute Gasteiger partial charge is 0.466 e. The zero-order valence-corrected chi connectivity index (χ0v) is 11.9. The third-order valence-electron chi connectivity index (χ3n) is 4.86. The number of aliphatic hydroxyl groups excluding tert-OH is 1. The molecule has 0 aromatic rings. The van der Waals surface area contributed by atoms with Gasteiger partial charge in [0.05, 0.1) is 13.0 Å². The first-order chi connectivity index (χ1) is 9.47. The van der Waals surface area contributed by atoms with Crippen LogP contribution in [0, 0.1) is 21.4 Å². The van der Waals surface area contributed by atoms with Gasteiger partial charge in [0.2, 0.25) is 6.04 Å². The molecule has 0 saturated heterocycles. The fraction of sp³-hybridized carbons (Fsp3) is 0.929. The number of carbonyl (C=O) groups is 1. The van der Waals surface area contributed by atoms with E-state index in [4.69, 9.17) is 4.74 Å². The molecule has 0 unspecified atom stereocenters. The molecular formula is C14H23NO5. The molecule has 0 amide bonds. The summed E-state index contributed by atoms with van der Waals surface area (Å²) in [7, 11) is 0. The van der Waals surface area contributed by atoms with Crippen molar-refractivity contribution in [3.8, 4) is 0 Å². The normalized spacial score (nSPS) is 32.2. The van der Waals surface area contributed by atoms with Crippen LogP contribution in [0.1, 0.15) is 51.9 Å². The minimum atomic E-state index is -1.04. The smallest absolute Gasteiger partial charge is 0.306 e. The van der Waals surface area contributed by atoms with Crippen LogP contribution in [0.15, 0.2) is 0 Å². The van der Waals surface area contributed by atoms with Crippen molar-refractivity contribution < 1.29 is 19.6 Å². The summed E-state index contributed by atoms with van der Waals surface area (Å²) >= 11 is 0. The molecule has 114 valence electrons. The van der Waals surface area contributed by atoms with Crippen LogP contribution in [0.2, 0.25) is 0 Å². The van der Waals surface area contributed by atoms with Crippen molar-refractivity contribution in [3.05, 3.63) is 10.1 Å². The van der Waals surface area contributed by atoms with Crippen LogP contribution < -0.4 is 0 Å². The van der Waals surface area contributed by atoms with E-state index in [2.05, 4.69) is 0 Å². The summed E-state index contributed by atoms with van der Waals surface area (Å²) in [4.78, 5) is 22.5. The average Bonchev–Trinajstić information content (AvgIpc) is 2.75. The predicted octanol–water partition coefficient (Wildman–Crippen LogP) is 1.92. The Bertz CT molecular complexity index is 378. The second-order valence-electron chi connectivity index (χ2n) is 6.23. The van der Waals surface area contributed by atoms with E-state index >= 15 is 0 Å². The third-order valence-corrected chi connectivity index (χ3v) is 4.86. The van der Waals surface area contributed by atoms with Gasteiger partial charge in [-0.1, -0.05) is 12.8 Å². The highest BCUT2D eigenvalue weighted by Crippen LogP contribution is 2.51. The summed E-state index contributed by atoms with van der Waals surface area (Å²) in [6, 6.07) is -1.04. The van der Waals surface area contributed by atoms with Gasteiger partial charge in [-0.05, 0) is 38.0 Å². The standard InChI is InChI=1S/C14H23NO5/c1-2-20-12(17)7-10-8-14(5-3-4-6-14)9-11(16)13(10)15(18)19/h10-11,13,16H,2-9H2,1H3/t10-,11+,13+/m0/s1. The molecule has 20 heavy (non-hydrogen) atoms. The van der Waals surface area contributed by atoms with E-state index < -0.39 is 29.0 Å². The van der Waals surface area contributed by atoms with Gasteiger partial charge >= 0.3 is 5.97 Å². The summed E-state index contributed by atoms with van der Waals surface area (Å²) < 4.78 is 4.92. The monoisotopic (exact) mass is 285 g/mol. The highest BCUT2D eigenvalue weighted by molar-refractivity contribution is 5.69. The van der Waals surface area contributed by atoms with Crippen molar-refractivity contribution in [1.29, 1.82) is 0 Å². The number of nitrogens with zero attached hydrogens (tertiary/aromatic N) is 1. The van der Waals surface area contributed by atoms with Gasteiger partial charge < -0.3 is 9.84 Å². The first-order valence-electron chi connectivity index (χ1n) is 7.44. The molecule has 0 aromatic carbocycles. The summed E-state index contributed by atoms with van der Waals surface area (Å²) in [6.07, 6.45) is 4.49. The molecule has 0 radical (unpaired) electrons. The van der Waals surface area contributed by atoms with Gasteiger partial charge in [0.25, 0.3) is 0 Å². The maximum atomic E-state index is 11.7. The fourth-order valence-electron chi connectivity index (χ4n) is 4.11. The quantitative estimate of drug-likeness (QED) is 0.484. The van der Waals surface area contributed by atoms with Crippen LogP contribution >= 0.6 is 0 Å². The van der Waals surface area contributed by atoms with Crippen LogP contribution in [0.5, 0.6) is 0 Å². The lowest BCUT2D eigenvalue weighted by Crippen LogP contribution is -2.50. The molecule has 2 fully saturated rings. The number of esters is 1. The number of aliphatic hydroxyl groups is 1. The second kappa shape index (κ2) is 6.08. The van der Waals surface area contributed by atoms with Crippen molar-refractivity contribution in [2.45, 2.75) is 64.0 Å². The minimum Gasteiger partial charge on any atom is -0.466 e. The molecule has 0 bridgehead atoms. The molecule has 2 saturated carbocycles. The highest BCUT2D eigenvalue weighted by atomic mass is 16.6. The molecule has 0 aromatic heterocycles. The summed E-state index contributed by atoms with van der Waals surface area (Å²) in [5, 5.41) is 21.4. The van der Waals surface area contributed by atoms with E-state index in [1.165, 1.54) is 0 Å². The van der Waals surface area contributed by atoms with E-state index in [0.29, 0.717) is 12.8 Å². The van der Waals surface area contributed by atoms with Crippen LogP contribution in [-0.4, -0.2) is 34.8 Å². The maximum Gasteiger partial charge on any atom is 0.306 e. The number of hydrogen-bond donors (Lipinski definition) is 1. The molecule has 1 N–H and O–H groups in total. The lowest BCUT2D eigenvalue weighted by Gasteiger charge is -2.41. The predicted molar refractivity (Wildman–Crippen MR) is 71.7 cm³/mol. The molecule has 0 aliphatic heterocycles. The van der Waals surface area contributed by atoms with Gasteiger partial charge in [-0.2, -0.15) is 0 Å². The zero-order chi connectivity index (χ0) is 14.8. The molecule has 2 aliphatic carbocycles. The topological polar surface area (TPSA) is 89.7 Å². The molecular weight excluding hydrogens is 262 g/mol. The average molecular weight is 285 g/mol. The summed E-state index contributed by atoms with van der Waals surface area (Å²) in [6.45, 7) is 2.00. The minimum absolute atomic E-state index is 0.00306. The number of rotatable bonds is 4. The second-order valence-corrected chi connectivity index (χ2v) is 6.23. The van der Waals surface area contributed by atoms with Crippen LogP contribution in [0.25, 0.3) is 0 Å². The lowest BCUT2D eigenvalue weighted by molar-refractivity contribution is -0.549. The Morgan fingerprint density at radius 1 is 1.40 bits per heavy atom. The first-order valence-corrected chi connectivity index (χ1v) is 7.44. The maximum absolute atomic E-state index is 11.7. The zero-order valence-electron chi connectivity index (χ0n) is 11.9. The van der Waals surface area contributed by atoms with Gasteiger partial charge in [0.15, 0.2) is 0 Å². The summed E-state index contributed by atoms with van der Waals surface area (Å²) in [5.74, 6) is -0.808. The Hall–Kier alpha value is -1.17. The van der Waals surface area contributed by atoms with Crippen LogP contribution in [0.4, 0.5) is 0 Å². The molecule has 1 spiro atoms. The fourth-order valence-corrected chi connectivity index (χ4v) is 4.11.